The number of morpholine rings is 1. The summed E-state index contributed by atoms with van der Waals surface area (Å²) in [5.74, 6) is 1.80. The van der Waals surface area contributed by atoms with Crippen LogP contribution in [0.2, 0.25) is 0 Å². The highest BCUT2D eigenvalue weighted by molar-refractivity contribution is 5.86. The van der Waals surface area contributed by atoms with Gasteiger partial charge in [0.05, 0.1) is 51.4 Å². The van der Waals surface area contributed by atoms with Gasteiger partial charge in [0.25, 0.3) is 5.56 Å². The standard InChI is InChI=1S/C26H27N3O4/c1-31-23-14-21-22(15-24(23)32-2)27-25(17-28-10-12-33-13-11-28)29(26(21)30)16-19-8-5-7-18-6-3-4-9-20(18)19/h3-9,14-15H,10-13,16-17H2,1-2H3. The first-order valence-corrected chi connectivity index (χ1v) is 11.1. The van der Waals surface area contributed by atoms with Gasteiger partial charge in [-0.25, -0.2) is 4.98 Å². The number of rotatable bonds is 6. The second kappa shape index (κ2) is 9.21. The van der Waals surface area contributed by atoms with E-state index in [1.807, 2.05) is 18.2 Å². The number of aromatic nitrogens is 2. The van der Waals surface area contributed by atoms with Crippen LogP contribution in [0.3, 0.4) is 0 Å². The first-order valence-electron chi connectivity index (χ1n) is 11.1. The topological polar surface area (TPSA) is 65.8 Å². The molecule has 1 aromatic heterocycles. The average Bonchev–Trinajstić information content (AvgIpc) is 2.86. The minimum Gasteiger partial charge on any atom is -0.493 e. The van der Waals surface area contributed by atoms with Crippen LogP contribution in [0.4, 0.5) is 0 Å². The molecule has 1 aliphatic rings. The van der Waals surface area contributed by atoms with E-state index in [1.54, 1.807) is 30.9 Å². The molecular formula is C26H27N3O4. The smallest absolute Gasteiger partial charge is 0.261 e. The Bertz CT molecular complexity index is 1350. The maximum Gasteiger partial charge on any atom is 0.261 e. The van der Waals surface area contributed by atoms with Crippen molar-refractivity contribution < 1.29 is 14.2 Å². The van der Waals surface area contributed by atoms with Crippen molar-refractivity contribution in [2.24, 2.45) is 0 Å². The molecule has 0 radical (unpaired) electrons. The average molecular weight is 446 g/mol. The van der Waals surface area contributed by atoms with Crippen LogP contribution in [0.1, 0.15) is 11.4 Å². The van der Waals surface area contributed by atoms with E-state index < -0.39 is 0 Å². The van der Waals surface area contributed by atoms with E-state index in [-0.39, 0.29) is 5.56 Å². The first-order chi connectivity index (χ1) is 16.2. The van der Waals surface area contributed by atoms with Crippen molar-refractivity contribution in [3.63, 3.8) is 0 Å². The second-order valence-corrected chi connectivity index (χ2v) is 8.17. The molecule has 0 amide bonds. The summed E-state index contributed by atoms with van der Waals surface area (Å²) in [6, 6.07) is 17.9. The molecule has 1 fully saturated rings. The Hall–Kier alpha value is -3.42. The minimum absolute atomic E-state index is 0.0860. The van der Waals surface area contributed by atoms with Gasteiger partial charge in [0.15, 0.2) is 11.5 Å². The molecule has 0 saturated carbocycles. The maximum atomic E-state index is 13.8. The van der Waals surface area contributed by atoms with Gasteiger partial charge in [-0.3, -0.25) is 14.3 Å². The van der Waals surface area contributed by atoms with Crippen molar-refractivity contribution in [2.45, 2.75) is 13.1 Å². The van der Waals surface area contributed by atoms with Gasteiger partial charge in [0.2, 0.25) is 0 Å². The third-order valence-corrected chi connectivity index (χ3v) is 6.22. The van der Waals surface area contributed by atoms with Gasteiger partial charge in [0, 0.05) is 19.2 Å². The number of methoxy groups -OCH3 is 2. The fourth-order valence-corrected chi connectivity index (χ4v) is 4.44. The van der Waals surface area contributed by atoms with Crippen LogP contribution < -0.4 is 15.0 Å². The quantitative estimate of drug-likeness (QED) is 0.453. The van der Waals surface area contributed by atoms with Crippen LogP contribution in [-0.4, -0.2) is 55.0 Å². The highest BCUT2D eigenvalue weighted by atomic mass is 16.5. The lowest BCUT2D eigenvalue weighted by atomic mass is 10.0. The van der Waals surface area contributed by atoms with Gasteiger partial charge < -0.3 is 14.2 Å². The van der Waals surface area contributed by atoms with Crippen molar-refractivity contribution in [2.75, 3.05) is 40.5 Å². The molecule has 3 aromatic carbocycles. The third kappa shape index (κ3) is 4.17. The lowest BCUT2D eigenvalue weighted by Gasteiger charge is -2.27. The summed E-state index contributed by atoms with van der Waals surface area (Å²) in [7, 11) is 3.15. The van der Waals surface area contributed by atoms with Crippen molar-refractivity contribution >= 4 is 21.7 Å². The molecule has 2 heterocycles. The van der Waals surface area contributed by atoms with E-state index in [0.29, 0.717) is 48.7 Å². The molecule has 1 saturated heterocycles. The minimum atomic E-state index is -0.0860. The molecule has 0 bridgehead atoms. The molecular weight excluding hydrogens is 418 g/mol. The summed E-state index contributed by atoms with van der Waals surface area (Å²) in [6.45, 7) is 4.02. The number of hydrogen-bond acceptors (Lipinski definition) is 6. The highest BCUT2D eigenvalue weighted by Gasteiger charge is 2.19. The molecule has 0 spiro atoms. The molecule has 0 aliphatic carbocycles. The second-order valence-electron chi connectivity index (χ2n) is 8.17. The Morgan fingerprint density at radius 2 is 1.64 bits per heavy atom. The normalized spacial score (nSPS) is 14.6. The fraction of sp³-hybridized carbons (Fsp3) is 0.308. The lowest BCUT2D eigenvalue weighted by Crippen LogP contribution is -2.38. The molecule has 0 N–H and O–H groups in total. The third-order valence-electron chi connectivity index (χ3n) is 6.22. The van der Waals surface area contributed by atoms with E-state index in [2.05, 4.69) is 29.2 Å². The van der Waals surface area contributed by atoms with Gasteiger partial charge >= 0.3 is 0 Å². The van der Waals surface area contributed by atoms with E-state index in [4.69, 9.17) is 19.2 Å². The van der Waals surface area contributed by atoms with E-state index in [1.165, 1.54) is 0 Å². The molecule has 4 aromatic rings. The largest absolute Gasteiger partial charge is 0.493 e. The van der Waals surface area contributed by atoms with Gasteiger partial charge in [0.1, 0.15) is 5.82 Å². The summed E-state index contributed by atoms with van der Waals surface area (Å²) in [5, 5.41) is 2.80. The Morgan fingerprint density at radius 1 is 0.909 bits per heavy atom. The van der Waals surface area contributed by atoms with E-state index >= 15 is 0 Å². The van der Waals surface area contributed by atoms with Crippen LogP contribution in [0.5, 0.6) is 11.5 Å². The van der Waals surface area contributed by atoms with Crippen LogP contribution in [0.25, 0.3) is 21.7 Å². The zero-order chi connectivity index (χ0) is 22.8. The molecule has 5 rings (SSSR count). The lowest BCUT2D eigenvalue weighted by molar-refractivity contribution is 0.0325. The molecule has 7 heteroatoms. The highest BCUT2D eigenvalue weighted by Crippen LogP contribution is 2.30. The number of benzene rings is 3. The molecule has 0 atom stereocenters. The number of ether oxygens (including phenoxy) is 3. The Balaban J connectivity index is 1.67. The first kappa shape index (κ1) is 21.4. The van der Waals surface area contributed by atoms with Crippen LogP contribution in [0, 0.1) is 0 Å². The van der Waals surface area contributed by atoms with Crippen LogP contribution in [0.15, 0.2) is 59.4 Å². The Kier molecular flexibility index (Phi) is 5.98. The van der Waals surface area contributed by atoms with Crippen molar-refractivity contribution in [1.29, 1.82) is 0 Å². The van der Waals surface area contributed by atoms with Gasteiger partial charge in [-0.15, -0.1) is 0 Å². The summed E-state index contributed by atoms with van der Waals surface area (Å²) in [5.41, 5.74) is 1.60. The summed E-state index contributed by atoms with van der Waals surface area (Å²) >= 11 is 0. The van der Waals surface area contributed by atoms with Crippen LogP contribution in [-0.2, 0) is 17.8 Å². The fourth-order valence-electron chi connectivity index (χ4n) is 4.44. The molecule has 170 valence electrons. The van der Waals surface area contributed by atoms with E-state index in [0.717, 1.165) is 35.2 Å². The number of hydrogen-bond donors (Lipinski definition) is 0. The summed E-state index contributed by atoms with van der Waals surface area (Å²) in [4.78, 5) is 21.0. The summed E-state index contributed by atoms with van der Waals surface area (Å²) < 4.78 is 18.2. The molecule has 33 heavy (non-hydrogen) atoms. The van der Waals surface area contributed by atoms with Crippen molar-refractivity contribution in [1.82, 2.24) is 14.5 Å². The van der Waals surface area contributed by atoms with Gasteiger partial charge in [-0.1, -0.05) is 42.5 Å². The predicted molar refractivity (Wildman–Crippen MR) is 128 cm³/mol. The molecule has 1 aliphatic heterocycles. The predicted octanol–water partition coefficient (Wildman–Crippen LogP) is 3.45. The molecule has 0 unspecified atom stereocenters. The van der Waals surface area contributed by atoms with Gasteiger partial charge in [-0.2, -0.15) is 0 Å². The maximum absolute atomic E-state index is 13.8. The molecule has 7 nitrogen and oxygen atoms in total. The zero-order valence-corrected chi connectivity index (χ0v) is 18.9. The van der Waals surface area contributed by atoms with Gasteiger partial charge in [-0.05, 0) is 22.4 Å². The monoisotopic (exact) mass is 445 g/mol. The van der Waals surface area contributed by atoms with Crippen molar-refractivity contribution in [3.05, 3.63) is 76.3 Å². The zero-order valence-electron chi connectivity index (χ0n) is 18.9. The summed E-state index contributed by atoms with van der Waals surface area (Å²) in [6.07, 6.45) is 0. The Labute approximate surface area is 192 Å². The Morgan fingerprint density at radius 3 is 2.42 bits per heavy atom. The van der Waals surface area contributed by atoms with Crippen LogP contribution >= 0.6 is 0 Å². The van der Waals surface area contributed by atoms with E-state index in [9.17, 15) is 4.79 Å². The van der Waals surface area contributed by atoms with Crippen molar-refractivity contribution in [3.8, 4) is 11.5 Å². The SMILES string of the molecule is COc1cc2nc(CN3CCOCC3)n(Cc3cccc4ccccc34)c(=O)c2cc1OC. The number of nitrogens with zero attached hydrogens (tertiary/aromatic N) is 3. The number of fused-ring (bicyclic) bond motifs is 2.